The highest BCUT2D eigenvalue weighted by Gasteiger charge is 2.32. The second-order valence-electron chi connectivity index (χ2n) is 5.98. The van der Waals surface area contributed by atoms with Crippen molar-refractivity contribution in [2.75, 3.05) is 33.9 Å². The first-order valence-electron chi connectivity index (χ1n) is 7.92. The lowest BCUT2D eigenvalue weighted by Gasteiger charge is -2.26. The van der Waals surface area contributed by atoms with Crippen molar-refractivity contribution in [1.29, 1.82) is 0 Å². The lowest BCUT2D eigenvalue weighted by molar-refractivity contribution is -0.118. The Morgan fingerprint density at radius 2 is 1.87 bits per heavy atom. The Labute approximate surface area is 137 Å². The summed E-state index contributed by atoms with van der Waals surface area (Å²) in [6, 6.07) is 3.80. The number of rotatable bonds is 7. The number of nitrogens with zero attached hydrogens (tertiary/aromatic N) is 1. The van der Waals surface area contributed by atoms with Gasteiger partial charge < -0.3 is 19.5 Å². The highest BCUT2D eigenvalue weighted by Crippen LogP contribution is 2.41. The molecule has 0 saturated carbocycles. The molecule has 1 fully saturated rings. The van der Waals surface area contributed by atoms with E-state index in [1.165, 1.54) is 0 Å². The van der Waals surface area contributed by atoms with Crippen LogP contribution in [-0.2, 0) is 4.79 Å². The molecule has 6 nitrogen and oxygen atoms in total. The Kier molecular flexibility index (Phi) is 5.71. The van der Waals surface area contributed by atoms with Crippen LogP contribution in [0.1, 0.15) is 32.5 Å². The third-order valence-electron chi connectivity index (χ3n) is 3.70. The monoisotopic (exact) mass is 322 g/mol. The van der Waals surface area contributed by atoms with E-state index in [1.54, 1.807) is 14.2 Å². The molecule has 1 amide bonds. The standard InChI is InChI=1S/C17H26N2O4/c1-6-23-16-13(21-4)7-12(8-14(16)22-5)17-18-15(20)10-19(17)9-11(2)3/h7-8,11,17H,6,9-10H2,1-5H3,(H,18,20). The molecule has 0 aliphatic carbocycles. The molecule has 0 bridgehead atoms. The van der Waals surface area contributed by atoms with Gasteiger partial charge in [0.1, 0.15) is 6.17 Å². The molecule has 0 radical (unpaired) electrons. The van der Waals surface area contributed by atoms with Gasteiger partial charge in [-0.3, -0.25) is 9.69 Å². The highest BCUT2D eigenvalue weighted by molar-refractivity contribution is 5.80. The molecule has 0 spiro atoms. The molecule has 1 aromatic carbocycles. The molecule has 1 saturated heterocycles. The van der Waals surface area contributed by atoms with Gasteiger partial charge in [-0.1, -0.05) is 13.8 Å². The van der Waals surface area contributed by atoms with Crippen molar-refractivity contribution in [1.82, 2.24) is 10.2 Å². The van der Waals surface area contributed by atoms with Crippen LogP contribution in [-0.4, -0.2) is 44.7 Å². The molecule has 1 atom stereocenters. The Hall–Kier alpha value is -1.95. The van der Waals surface area contributed by atoms with E-state index >= 15 is 0 Å². The van der Waals surface area contributed by atoms with Crippen molar-refractivity contribution in [3.05, 3.63) is 17.7 Å². The summed E-state index contributed by atoms with van der Waals surface area (Å²) in [6.45, 7) is 7.94. The van der Waals surface area contributed by atoms with Crippen LogP contribution in [0.3, 0.4) is 0 Å². The molecular formula is C17H26N2O4. The molecule has 1 aromatic rings. The predicted octanol–water partition coefficient (Wildman–Crippen LogP) is 2.19. The maximum atomic E-state index is 11.9. The number of carbonyl (C=O) groups excluding carboxylic acids is 1. The lowest BCUT2D eigenvalue weighted by atomic mass is 10.1. The van der Waals surface area contributed by atoms with Crippen molar-refractivity contribution >= 4 is 5.91 Å². The largest absolute Gasteiger partial charge is 0.493 e. The van der Waals surface area contributed by atoms with E-state index in [2.05, 4.69) is 24.1 Å². The molecule has 0 aromatic heterocycles. The molecule has 1 aliphatic heterocycles. The first kappa shape index (κ1) is 17.4. The van der Waals surface area contributed by atoms with Gasteiger partial charge in [0.05, 0.1) is 27.4 Å². The molecule has 23 heavy (non-hydrogen) atoms. The van der Waals surface area contributed by atoms with E-state index in [9.17, 15) is 4.79 Å². The summed E-state index contributed by atoms with van der Waals surface area (Å²) >= 11 is 0. The molecule has 128 valence electrons. The third kappa shape index (κ3) is 3.88. The van der Waals surface area contributed by atoms with Gasteiger partial charge in [-0.25, -0.2) is 0 Å². The van der Waals surface area contributed by atoms with Gasteiger partial charge in [-0.15, -0.1) is 0 Å². The van der Waals surface area contributed by atoms with Gasteiger partial charge in [-0.2, -0.15) is 0 Å². The third-order valence-corrected chi connectivity index (χ3v) is 3.70. The summed E-state index contributed by atoms with van der Waals surface area (Å²) in [6.07, 6.45) is -0.177. The van der Waals surface area contributed by atoms with Gasteiger partial charge in [0.25, 0.3) is 0 Å². The molecule has 1 heterocycles. The quantitative estimate of drug-likeness (QED) is 0.834. The van der Waals surface area contributed by atoms with Crippen molar-refractivity contribution < 1.29 is 19.0 Å². The number of amides is 1. The fourth-order valence-corrected chi connectivity index (χ4v) is 2.84. The number of methoxy groups -OCH3 is 2. The lowest BCUT2D eigenvalue weighted by Crippen LogP contribution is -2.30. The highest BCUT2D eigenvalue weighted by atomic mass is 16.5. The maximum absolute atomic E-state index is 11.9. The van der Waals surface area contributed by atoms with Crippen LogP contribution in [0.15, 0.2) is 12.1 Å². The summed E-state index contributed by atoms with van der Waals surface area (Å²) in [5.41, 5.74) is 0.925. The Bertz CT molecular complexity index is 535. The van der Waals surface area contributed by atoms with E-state index in [0.29, 0.717) is 36.3 Å². The van der Waals surface area contributed by atoms with Gasteiger partial charge >= 0.3 is 0 Å². The smallest absolute Gasteiger partial charge is 0.235 e. The summed E-state index contributed by atoms with van der Waals surface area (Å²) in [7, 11) is 3.19. The van der Waals surface area contributed by atoms with E-state index in [-0.39, 0.29) is 12.1 Å². The minimum absolute atomic E-state index is 0.0301. The first-order chi connectivity index (χ1) is 11.0. The van der Waals surface area contributed by atoms with Crippen LogP contribution in [0.25, 0.3) is 0 Å². The maximum Gasteiger partial charge on any atom is 0.235 e. The number of benzene rings is 1. The van der Waals surface area contributed by atoms with Crippen molar-refractivity contribution in [3.63, 3.8) is 0 Å². The second kappa shape index (κ2) is 7.55. The summed E-state index contributed by atoms with van der Waals surface area (Å²) in [4.78, 5) is 14.0. The minimum Gasteiger partial charge on any atom is -0.493 e. The van der Waals surface area contributed by atoms with Crippen LogP contribution in [0, 0.1) is 5.92 Å². The summed E-state index contributed by atoms with van der Waals surface area (Å²) in [5, 5.41) is 3.01. The summed E-state index contributed by atoms with van der Waals surface area (Å²) < 4.78 is 16.5. The number of hydrogen-bond donors (Lipinski definition) is 1. The Balaban J connectivity index is 2.39. The fourth-order valence-electron chi connectivity index (χ4n) is 2.84. The van der Waals surface area contributed by atoms with Crippen molar-refractivity contribution in [3.8, 4) is 17.2 Å². The second-order valence-corrected chi connectivity index (χ2v) is 5.98. The molecule has 1 unspecified atom stereocenters. The van der Waals surface area contributed by atoms with Crippen LogP contribution in [0.5, 0.6) is 17.2 Å². The summed E-state index contributed by atoms with van der Waals surface area (Å²) in [5.74, 6) is 2.29. The molecular weight excluding hydrogens is 296 g/mol. The van der Waals surface area contributed by atoms with Crippen LogP contribution < -0.4 is 19.5 Å². The van der Waals surface area contributed by atoms with Crippen LogP contribution >= 0.6 is 0 Å². The number of ether oxygens (including phenoxy) is 3. The van der Waals surface area contributed by atoms with Gasteiger partial charge in [0.15, 0.2) is 11.5 Å². The van der Waals surface area contributed by atoms with E-state index in [4.69, 9.17) is 14.2 Å². The number of carbonyl (C=O) groups is 1. The molecule has 1 N–H and O–H groups in total. The van der Waals surface area contributed by atoms with Crippen LogP contribution in [0.2, 0.25) is 0 Å². The van der Waals surface area contributed by atoms with E-state index < -0.39 is 0 Å². The SMILES string of the molecule is CCOc1c(OC)cc(C2NC(=O)CN2CC(C)C)cc1OC. The molecule has 6 heteroatoms. The Morgan fingerprint density at radius 1 is 1.26 bits per heavy atom. The van der Waals surface area contributed by atoms with Crippen molar-refractivity contribution in [2.45, 2.75) is 26.9 Å². The van der Waals surface area contributed by atoms with E-state index in [1.807, 2.05) is 19.1 Å². The molecule has 1 aliphatic rings. The topological polar surface area (TPSA) is 60.0 Å². The zero-order chi connectivity index (χ0) is 17.0. The van der Waals surface area contributed by atoms with Gasteiger partial charge in [0.2, 0.25) is 11.7 Å². The Morgan fingerprint density at radius 3 is 2.35 bits per heavy atom. The average Bonchev–Trinajstić information content (AvgIpc) is 2.87. The van der Waals surface area contributed by atoms with E-state index in [0.717, 1.165) is 12.1 Å². The fraction of sp³-hybridized carbons (Fsp3) is 0.588. The number of nitrogens with one attached hydrogen (secondary N) is 1. The van der Waals surface area contributed by atoms with Crippen molar-refractivity contribution in [2.24, 2.45) is 5.92 Å². The number of hydrogen-bond acceptors (Lipinski definition) is 5. The molecule has 2 rings (SSSR count). The minimum atomic E-state index is -0.177. The normalized spacial score (nSPS) is 18.2. The predicted molar refractivity (Wildman–Crippen MR) is 88.0 cm³/mol. The zero-order valence-corrected chi connectivity index (χ0v) is 14.5. The van der Waals surface area contributed by atoms with Crippen LogP contribution in [0.4, 0.5) is 0 Å². The van der Waals surface area contributed by atoms with Gasteiger partial charge in [0, 0.05) is 6.54 Å². The average molecular weight is 322 g/mol. The first-order valence-corrected chi connectivity index (χ1v) is 7.92. The van der Waals surface area contributed by atoms with Gasteiger partial charge in [-0.05, 0) is 30.5 Å². The zero-order valence-electron chi connectivity index (χ0n) is 14.5.